The first-order valence-corrected chi connectivity index (χ1v) is 5.71. The molecule has 2 aromatic rings. The van der Waals surface area contributed by atoms with Crippen LogP contribution in [0.2, 0.25) is 0 Å². The van der Waals surface area contributed by atoms with Gasteiger partial charge in [-0.25, -0.2) is 4.98 Å². The molecule has 1 aromatic carbocycles. The topological polar surface area (TPSA) is 87.0 Å². The van der Waals surface area contributed by atoms with E-state index in [9.17, 15) is 0 Å². The van der Waals surface area contributed by atoms with Gasteiger partial charge in [0.25, 0.3) is 0 Å². The first kappa shape index (κ1) is 11.5. The van der Waals surface area contributed by atoms with Gasteiger partial charge < -0.3 is 16.2 Å². The van der Waals surface area contributed by atoms with Gasteiger partial charge in [-0.3, -0.25) is 0 Å². The van der Waals surface area contributed by atoms with Crippen LogP contribution in [0.1, 0.15) is 0 Å². The molecule has 0 atom stereocenters. The molecule has 0 aliphatic carbocycles. The third kappa shape index (κ3) is 3.01. The van der Waals surface area contributed by atoms with Crippen LogP contribution in [0.3, 0.4) is 0 Å². The van der Waals surface area contributed by atoms with Gasteiger partial charge in [0.05, 0.1) is 7.11 Å². The molecule has 88 valence electrons. The third-order valence-electron chi connectivity index (χ3n) is 2.00. The van der Waals surface area contributed by atoms with Crippen LogP contribution in [0, 0.1) is 0 Å². The Morgan fingerprint density at radius 1 is 1.18 bits per heavy atom. The minimum absolute atomic E-state index is 0.176. The summed E-state index contributed by atoms with van der Waals surface area (Å²) in [6, 6.07) is 9.35. The van der Waals surface area contributed by atoms with Crippen molar-refractivity contribution in [1.82, 2.24) is 9.97 Å². The number of nitrogens with zero attached hydrogens (tertiary/aromatic N) is 2. The summed E-state index contributed by atoms with van der Waals surface area (Å²) in [5.41, 5.74) is 11.1. The first-order valence-electron chi connectivity index (χ1n) is 4.89. The van der Waals surface area contributed by atoms with Crippen LogP contribution in [0.25, 0.3) is 0 Å². The fourth-order valence-electron chi connectivity index (χ4n) is 1.30. The van der Waals surface area contributed by atoms with Crippen molar-refractivity contribution in [1.29, 1.82) is 0 Å². The van der Waals surface area contributed by atoms with E-state index in [2.05, 4.69) is 9.97 Å². The second kappa shape index (κ2) is 4.92. The van der Waals surface area contributed by atoms with Crippen LogP contribution in [0.5, 0.6) is 5.75 Å². The minimum Gasteiger partial charge on any atom is -0.497 e. The van der Waals surface area contributed by atoms with Crippen LogP contribution in [-0.2, 0) is 0 Å². The Bertz CT molecular complexity index is 512. The molecule has 1 heterocycles. The quantitative estimate of drug-likeness (QED) is 0.805. The average molecular weight is 248 g/mol. The van der Waals surface area contributed by atoms with Gasteiger partial charge in [0.1, 0.15) is 16.6 Å². The molecule has 0 aliphatic rings. The van der Waals surface area contributed by atoms with Crippen LogP contribution in [-0.4, -0.2) is 17.1 Å². The zero-order chi connectivity index (χ0) is 12.3. The highest BCUT2D eigenvalue weighted by Crippen LogP contribution is 2.29. The smallest absolute Gasteiger partial charge is 0.223 e. The zero-order valence-corrected chi connectivity index (χ0v) is 10.1. The molecular weight excluding hydrogens is 236 g/mol. The maximum Gasteiger partial charge on any atom is 0.223 e. The number of rotatable bonds is 3. The van der Waals surface area contributed by atoms with E-state index in [0.29, 0.717) is 10.8 Å². The van der Waals surface area contributed by atoms with Gasteiger partial charge in [0.2, 0.25) is 5.95 Å². The summed E-state index contributed by atoms with van der Waals surface area (Å²) in [7, 11) is 1.63. The van der Waals surface area contributed by atoms with Crippen molar-refractivity contribution in [3.05, 3.63) is 30.3 Å². The molecule has 0 bridgehead atoms. The van der Waals surface area contributed by atoms with Crippen LogP contribution in [0.4, 0.5) is 11.8 Å². The lowest BCUT2D eigenvalue weighted by Crippen LogP contribution is -1.99. The van der Waals surface area contributed by atoms with Gasteiger partial charge in [-0.2, -0.15) is 4.98 Å². The number of benzene rings is 1. The van der Waals surface area contributed by atoms with E-state index in [1.54, 1.807) is 13.2 Å². The fraction of sp³-hybridized carbons (Fsp3) is 0.0909. The summed E-state index contributed by atoms with van der Waals surface area (Å²) < 4.78 is 5.14. The Hall–Kier alpha value is -1.95. The predicted octanol–water partition coefficient (Wildman–Crippen LogP) is 1.80. The normalized spacial score (nSPS) is 10.2. The molecule has 0 radical (unpaired) electrons. The molecule has 2 rings (SSSR count). The number of hydrogen-bond donors (Lipinski definition) is 2. The lowest BCUT2D eigenvalue weighted by atomic mass is 10.3. The minimum atomic E-state index is 0.176. The SMILES string of the molecule is COc1cccc(Sc2cc(N)nc(N)n2)c1. The molecule has 17 heavy (non-hydrogen) atoms. The van der Waals surface area contributed by atoms with E-state index < -0.39 is 0 Å². The first-order chi connectivity index (χ1) is 8.17. The largest absolute Gasteiger partial charge is 0.497 e. The number of hydrogen-bond acceptors (Lipinski definition) is 6. The fourth-order valence-corrected chi connectivity index (χ4v) is 2.18. The van der Waals surface area contributed by atoms with Gasteiger partial charge in [0.15, 0.2) is 0 Å². The Morgan fingerprint density at radius 2 is 2.00 bits per heavy atom. The third-order valence-corrected chi connectivity index (χ3v) is 2.91. The van der Waals surface area contributed by atoms with Crippen molar-refractivity contribution in [3.8, 4) is 5.75 Å². The Morgan fingerprint density at radius 3 is 2.71 bits per heavy atom. The summed E-state index contributed by atoms with van der Waals surface area (Å²) >= 11 is 1.45. The summed E-state index contributed by atoms with van der Waals surface area (Å²) in [6.07, 6.45) is 0. The maximum atomic E-state index is 5.60. The summed E-state index contributed by atoms with van der Waals surface area (Å²) in [6.45, 7) is 0. The van der Waals surface area contributed by atoms with E-state index in [1.165, 1.54) is 11.8 Å². The van der Waals surface area contributed by atoms with Crippen molar-refractivity contribution in [2.75, 3.05) is 18.6 Å². The summed E-state index contributed by atoms with van der Waals surface area (Å²) in [5, 5.41) is 0.711. The highest BCUT2D eigenvalue weighted by atomic mass is 32.2. The lowest BCUT2D eigenvalue weighted by molar-refractivity contribution is 0.413. The van der Waals surface area contributed by atoms with Crippen molar-refractivity contribution in [2.24, 2.45) is 0 Å². The number of aromatic nitrogens is 2. The van der Waals surface area contributed by atoms with Gasteiger partial charge in [-0.1, -0.05) is 17.8 Å². The molecule has 0 amide bonds. The molecule has 0 saturated carbocycles. The van der Waals surface area contributed by atoms with Gasteiger partial charge in [-0.05, 0) is 18.2 Å². The van der Waals surface area contributed by atoms with Gasteiger partial charge in [0, 0.05) is 11.0 Å². The highest BCUT2D eigenvalue weighted by molar-refractivity contribution is 7.99. The van der Waals surface area contributed by atoms with Gasteiger partial charge >= 0.3 is 0 Å². The Kier molecular flexibility index (Phi) is 3.34. The van der Waals surface area contributed by atoms with Crippen molar-refractivity contribution in [2.45, 2.75) is 9.92 Å². The number of nitrogen functional groups attached to an aromatic ring is 2. The molecule has 0 aliphatic heterocycles. The van der Waals surface area contributed by atoms with E-state index in [0.717, 1.165) is 10.6 Å². The van der Waals surface area contributed by atoms with Crippen LogP contribution < -0.4 is 16.2 Å². The van der Waals surface area contributed by atoms with Crippen LogP contribution in [0.15, 0.2) is 40.3 Å². The summed E-state index contributed by atoms with van der Waals surface area (Å²) in [5.74, 6) is 1.34. The Balaban J connectivity index is 2.24. The number of anilines is 2. The molecule has 0 unspecified atom stereocenters. The molecule has 0 spiro atoms. The molecule has 0 fully saturated rings. The number of ether oxygens (including phenoxy) is 1. The molecule has 5 nitrogen and oxygen atoms in total. The van der Waals surface area contributed by atoms with Crippen LogP contribution >= 0.6 is 11.8 Å². The lowest BCUT2D eigenvalue weighted by Gasteiger charge is -2.04. The van der Waals surface area contributed by atoms with Crippen molar-refractivity contribution < 1.29 is 4.74 Å². The number of methoxy groups -OCH3 is 1. The average Bonchev–Trinajstić information content (AvgIpc) is 2.28. The Labute approximate surface area is 103 Å². The van der Waals surface area contributed by atoms with Crippen molar-refractivity contribution in [3.63, 3.8) is 0 Å². The highest BCUT2D eigenvalue weighted by Gasteiger charge is 2.03. The second-order valence-electron chi connectivity index (χ2n) is 3.27. The molecule has 0 saturated heterocycles. The maximum absolute atomic E-state index is 5.60. The van der Waals surface area contributed by atoms with E-state index in [4.69, 9.17) is 16.2 Å². The zero-order valence-electron chi connectivity index (χ0n) is 9.25. The molecule has 4 N–H and O–H groups in total. The molecular formula is C11H12N4OS. The van der Waals surface area contributed by atoms with Crippen molar-refractivity contribution >= 4 is 23.5 Å². The second-order valence-corrected chi connectivity index (χ2v) is 4.36. The number of nitrogens with two attached hydrogens (primary N) is 2. The standard InChI is InChI=1S/C11H12N4OS/c1-16-7-3-2-4-8(5-7)17-10-6-9(12)14-11(13)15-10/h2-6H,1H3,(H4,12,13,14,15). The predicted molar refractivity (Wildman–Crippen MR) is 68.0 cm³/mol. The summed E-state index contributed by atoms with van der Waals surface area (Å²) in [4.78, 5) is 8.91. The monoisotopic (exact) mass is 248 g/mol. The molecule has 1 aromatic heterocycles. The van der Waals surface area contributed by atoms with Gasteiger partial charge in [-0.15, -0.1) is 0 Å². The van der Waals surface area contributed by atoms with E-state index in [1.807, 2.05) is 24.3 Å². The van der Waals surface area contributed by atoms with E-state index in [-0.39, 0.29) is 5.95 Å². The molecule has 6 heteroatoms. The van der Waals surface area contributed by atoms with E-state index >= 15 is 0 Å².